The normalized spacial score (nSPS) is 10.2. The molecule has 7 nitrogen and oxygen atoms in total. The Morgan fingerprint density at radius 3 is 2.81 bits per heavy atom. The maximum Gasteiger partial charge on any atom is 0.311 e. The van der Waals surface area contributed by atoms with Crippen molar-refractivity contribution in [1.82, 2.24) is 9.97 Å². The molecule has 0 spiro atoms. The van der Waals surface area contributed by atoms with Crippen molar-refractivity contribution in [1.29, 1.82) is 0 Å². The monoisotopic (exact) mass is 288 g/mol. The summed E-state index contributed by atoms with van der Waals surface area (Å²) in [7, 11) is 0. The number of aryl methyl sites for hydroxylation is 1. The highest BCUT2D eigenvalue weighted by Crippen LogP contribution is 2.31. The summed E-state index contributed by atoms with van der Waals surface area (Å²) < 4.78 is 5.50. The van der Waals surface area contributed by atoms with E-state index in [4.69, 9.17) is 4.74 Å². The molecule has 1 N–H and O–H groups in total. The number of hydrogen-bond acceptors (Lipinski definition) is 6. The number of nitro groups is 1. The topological polar surface area (TPSA) is 90.2 Å². The van der Waals surface area contributed by atoms with Crippen LogP contribution in [0, 0.1) is 10.1 Å². The van der Waals surface area contributed by atoms with Crippen LogP contribution in [0.4, 0.5) is 11.5 Å². The molecule has 0 fully saturated rings. The SMILES string of the molecule is CCNc1cncc(Oc2ccc(CC)cc2[N+](=O)[O-])n1. The van der Waals surface area contributed by atoms with Crippen LogP contribution in [0.15, 0.2) is 30.6 Å². The standard InChI is InChI=1S/C14H16N4O3/c1-3-10-5-6-12(11(7-10)18(19)20)21-14-9-15-8-13(17-14)16-4-2/h5-9H,3-4H2,1-2H3,(H,16,17). The molecule has 2 rings (SSSR count). The van der Waals surface area contributed by atoms with Crippen molar-refractivity contribution in [2.45, 2.75) is 20.3 Å². The van der Waals surface area contributed by atoms with Crippen LogP contribution in [0.2, 0.25) is 0 Å². The first-order chi connectivity index (χ1) is 10.1. The second kappa shape index (κ2) is 6.65. The van der Waals surface area contributed by atoms with E-state index in [0.29, 0.717) is 12.4 Å². The zero-order valence-electron chi connectivity index (χ0n) is 11.9. The lowest BCUT2D eigenvalue weighted by Gasteiger charge is -2.08. The Labute approximate surface area is 122 Å². The predicted molar refractivity (Wildman–Crippen MR) is 78.7 cm³/mol. The van der Waals surface area contributed by atoms with E-state index in [-0.39, 0.29) is 17.3 Å². The zero-order valence-corrected chi connectivity index (χ0v) is 11.9. The Kier molecular flexibility index (Phi) is 4.65. The summed E-state index contributed by atoms with van der Waals surface area (Å²) in [5, 5.41) is 14.1. The van der Waals surface area contributed by atoms with E-state index >= 15 is 0 Å². The molecule has 0 aliphatic heterocycles. The fraction of sp³-hybridized carbons (Fsp3) is 0.286. The summed E-state index contributed by atoms with van der Waals surface area (Å²) >= 11 is 0. The predicted octanol–water partition coefficient (Wildman–Crippen LogP) is 3.17. The molecule has 0 unspecified atom stereocenters. The van der Waals surface area contributed by atoms with Gasteiger partial charge in [-0.05, 0) is 25.0 Å². The van der Waals surface area contributed by atoms with Crippen molar-refractivity contribution in [3.8, 4) is 11.6 Å². The molecule has 1 aromatic carbocycles. The fourth-order valence-electron chi connectivity index (χ4n) is 1.79. The Bertz CT molecular complexity index is 646. The molecule has 1 aromatic heterocycles. The molecule has 0 aliphatic carbocycles. The van der Waals surface area contributed by atoms with Crippen molar-refractivity contribution in [2.75, 3.05) is 11.9 Å². The quantitative estimate of drug-likeness (QED) is 0.648. The number of rotatable bonds is 6. The lowest BCUT2D eigenvalue weighted by molar-refractivity contribution is -0.385. The second-order valence-electron chi connectivity index (χ2n) is 4.29. The van der Waals surface area contributed by atoms with Crippen LogP contribution >= 0.6 is 0 Å². The maximum absolute atomic E-state index is 11.1. The fourth-order valence-corrected chi connectivity index (χ4v) is 1.79. The Morgan fingerprint density at radius 1 is 1.33 bits per heavy atom. The van der Waals surface area contributed by atoms with Gasteiger partial charge in [-0.15, -0.1) is 0 Å². The first-order valence-corrected chi connectivity index (χ1v) is 6.65. The van der Waals surface area contributed by atoms with Gasteiger partial charge in [0.15, 0.2) is 0 Å². The van der Waals surface area contributed by atoms with Crippen molar-refractivity contribution < 1.29 is 9.66 Å². The van der Waals surface area contributed by atoms with Crippen molar-refractivity contribution in [3.63, 3.8) is 0 Å². The van der Waals surface area contributed by atoms with Crippen LogP contribution in [0.25, 0.3) is 0 Å². The number of aromatic nitrogens is 2. The smallest absolute Gasteiger partial charge is 0.311 e. The Hall–Kier alpha value is -2.70. The summed E-state index contributed by atoms with van der Waals surface area (Å²) in [5.74, 6) is 0.920. The zero-order chi connectivity index (χ0) is 15.2. The van der Waals surface area contributed by atoms with Gasteiger partial charge in [0, 0.05) is 12.6 Å². The lowest BCUT2D eigenvalue weighted by atomic mass is 10.1. The van der Waals surface area contributed by atoms with Gasteiger partial charge in [0.1, 0.15) is 5.82 Å². The minimum atomic E-state index is -0.462. The van der Waals surface area contributed by atoms with E-state index in [0.717, 1.165) is 12.0 Å². The van der Waals surface area contributed by atoms with Crippen molar-refractivity contribution in [3.05, 3.63) is 46.3 Å². The number of anilines is 1. The van der Waals surface area contributed by atoms with Gasteiger partial charge in [0.05, 0.1) is 17.3 Å². The summed E-state index contributed by atoms with van der Waals surface area (Å²) in [4.78, 5) is 18.8. The highest BCUT2D eigenvalue weighted by atomic mass is 16.6. The van der Waals surface area contributed by atoms with Crippen LogP contribution < -0.4 is 10.1 Å². The largest absolute Gasteiger partial charge is 0.430 e. The molecule has 110 valence electrons. The second-order valence-corrected chi connectivity index (χ2v) is 4.29. The number of nitrogens with zero attached hydrogens (tertiary/aromatic N) is 3. The van der Waals surface area contributed by atoms with E-state index < -0.39 is 4.92 Å². The summed E-state index contributed by atoms with van der Waals surface area (Å²) in [6.45, 7) is 4.57. The minimum absolute atomic E-state index is 0.0787. The number of nitro benzene ring substituents is 1. The van der Waals surface area contributed by atoms with Gasteiger partial charge in [-0.2, -0.15) is 4.98 Å². The first kappa shape index (κ1) is 14.7. The number of hydrogen-bond donors (Lipinski definition) is 1. The Morgan fingerprint density at radius 2 is 2.14 bits per heavy atom. The van der Waals surface area contributed by atoms with Gasteiger partial charge in [-0.3, -0.25) is 15.1 Å². The molecule has 0 aliphatic rings. The number of ether oxygens (including phenoxy) is 1. The molecule has 0 atom stereocenters. The van der Waals surface area contributed by atoms with Crippen LogP contribution in [0.3, 0.4) is 0 Å². The van der Waals surface area contributed by atoms with E-state index in [2.05, 4.69) is 15.3 Å². The van der Waals surface area contributed by atoms with Crippen molar-refractivity contribution >= 4 is 11.5 Å². The highest BCUT2D eigenvalue weighted by molar-refractivity contribution is 5.50. The van der Waals surface area contributed by atoms with Crippen LogP contribution in [0.1, 0.15) is 19.4 Å². The van der Waals surface area contributed by atoms with E-state index in [1.54, 1.807) is 18.3 Å². The molecule has 1 heterocycles. The molecular weight excluding hydrogens is 272 g/mol. The van der Waals surface area contributed by atoms with E-state index in [9.17, 15) is 10.1 Å². The van der Waals surface area contributed by atoms with Gasteiger partial charge in [0.25, 0.3) is 0 Å². The summed E-state index contributed by atoms with van der Waals surface area (Å²) in [6, 6.07) is 4.89. The number of nitrogens with one attached hydrogen (secondary N) is 1. The van der Waals surface area contributed by atoms with Gasteiger partial charge in [0.2, 0.25) is 11.6 Å². The first-order valence-electron chi connectivity index (χ1n) is 6.65. The third-order valence-electron chi connectivity index (χ3n) is 2.81. The van der Waals surface area contributed by atoms with E-state index in [1.807, 2.05) is 13.8 Å². The van der Waals surface area contributed by atoms with Gasteiger partial charge in [-0.1, -0.05) is 13.0 Å². The highest BCUT2D eigenvalue weighted by Gasteiger charge is 2.17. The van der Waals surface area contributed by atoms with Gasteiger partial charge < -0.3 is 10.1 Å². The van der Waals surface area contributed by atoms with E-state index in [1.165, 1.54) is 12.3 Å². The molecule has 0 saturated carbocycles. The summed E-state index contributed by atoms with van der Waals surface area (Å²) in [6.07, 6.45) is 3.69. The van der Waals surface area contributed by atoms with Crippen molar-refractivity contribution in [2.24, 2.45) is 0 Å². The van der Waals surface area contributed by atoms with Crippen LogP contribution in [-0.2, 0) is 6.42 Å². The molecule has 0 amide bonds. The summed E-state index contributed by atoms with van der Waals surface area (Å²) in [5.41, 5.74) is 0.798. The third-order valence-corrected chi connectivity index (χ3v) is 2.81. The molecule has 0 bridgehead atoms. The van der Waals surface area contributed by atoms with Gasteiger partial charge >= 0.3 is 5.69 Å². The average molecular weight is 288 g/mol. The maximum atomic E-state index is 11.1. The average Bonchev–Trinajstić information content (AvgIpc) is 2.48. The molecular formula is C14H16N4O3. The molecule has 0 radical (unpaired) electrons. The van der Waals surface area contributed by atoms with Gasteiger partial charge in [-0.25, -0.2) is 0 Å². The van der Waals surface area contributed by atoms with Crippen LogP contribution in [0.5, 0.6) is 11.6 Å². The molecule has 2 aromatic rings. The molecule has 7 heteroatoms. The molecule has 21 heavy (non-hydrogen) atoms. The minimum Gasteiger partial charge on any atom is -0.430 e. The van der Waals surface area contributed by atoms with Crippen LogP contribution in [-0.4, -0.2) is 21.4 Å². The Balaban J connectivity index is 2.30. The molecule has 0 saturated heterocycles. The number of benzene rings is 1. The third kappa shape index (κ3) is 3.65. The lowest BCUT2D eigenvalue weighted by Crippen LogP contribution is -2.01.